The van der Waals surface area contributed by atoms with E-state index in [0.29, 0.717) is 11.9 Å². The Hall–Kier alpha value is -3.12. The molecule has 0 saturated carbocycles. The molecule has 0 unspecified atom stereocenters. The third-order valence-electron chi connectivity index (χ3n) is 4.94. The Bertz CT molecular complexity index is 1310. The monoisotopic (exact) mass is 447 g/mol. The Morgan fingerprint density at radius 1 is 1.07 bits per heavy atom. The number of aryl methyl sites for hydroxylation is 2. The minimum atomic E-state index is -0.375. The lowest BCUT2D eigenvalue weighted by Crippen LogP contribution is -2.21. The highest BCUT2D eigenvalue weighted by Gasteiger charge is 2.19. The largest absolute Gasteiger partial charge is 0.340 e. The summed E-state index contributed by atoms with van der Waals surface area (Å²) in [5, 5.41) is 0.497. The van der Waals surface area contributed by atoms with Crippen molar-refractivity contribution in [2.24, 2.45) is 0 Å². The number of benzene rings is 1. The van der Waals surface area contributed by atoms with Gasteiger partial charge in [0.15, 0.2) is 0 Å². The summed E-state index contributed by atoms with van der Waals surface area (Å²) in [5.41, 5.74) is 3.62. The first kappa shape index (κ1) is 19.2. The van der Waals surface area contributed by atoms with Gasteiger partial charge in [0, 0.05) is 17.8 Å². The first-order valence-electron chi connectivity index (χ1n) is 9.15. The topological polar surface area (TPSA) is 64.8 Å². The van der Waals surface area contributed by atoms with E-state index in [0.717, 1.165) is 26.9 Å². The van der Waals surface area contributed by atoms with Crippen LogP contribution in [0.15, 0.2) is 70.3 Å². The molecule has 0 atom stereocenters. The third kappa shape index (κ3) is 3.76. The fourth-order valence-electron chi connectivity index (χ4n) is 3.24. The number of carbonyl (C=O) groups excluding carboxylic acids is 1. The number of ketones is 1. The number of rotatable bonds is 4. The third-order valence-corrected chi connectivity index (χ3v) is 5.38. The van der Waals surface area contributed by atoms with Crippen LogP contribution in [0.1, 0.15) is 32.9 Å². The molecule has 0 radical (unpaired) electrons. The fourth-order valence-corrected chi connectivity index (χ4v) is 3.62. The Kier molecular flexibility index (Phi) is 5.11. The van der Waals surface area contributed by atoms with Crippen molar-refractivity contribution in [3.05, 3.63) is 104 Å². The molecule has 29 heavy (non-hydrogen) atoms. The zero-order chi connectivity index (χ0) is 20.5. The highest BCUT2D eigenvalue weighted by atomic mass is 79.9. The van der Waals surface area contributed by atoms with Gasteiger partial charge in [-0.05, 0) is 71.2 Å². The summed E-state index contributed by atoms with van der Waals surface area (Å²) in [6.45, 7) is 4.29. The van der Waals surface area contributed by atoms with Crippen molar-refractivity contribution < 1.29 is 4.79 Å². The molecule has 6 heteroatoms. The van der Waals surface area contributed by atoms with Crippen molar-refractivity contribution >= 4 is 32.6 Å². The van der Waals surface area contributed by atoms with Crippen molar-refractivity contribution in [3.63, 3.8) is 0 Å². The second-order valence-corrected chi connectivity index (χ2v) is 7.76. The lowest BCUT2D eigenvalue weighted by atomic mass is 10.0. The van der Waals surface area contributed by atoms with Crippen LogP contribution in [0.4, 0.5) is 0 Å². The van der Waals surface area contributed by atoms with E-state index in [2.05, 4.69) is 25.9 Å². The molecule has 0 amide bonds. The number of nitrogens with zero attached hydrogens (tertiary/aromatic N) is 3. The summed E-state index contributed by atoms with van der Waals surface area (Å²) in [5.74, 6) is -0.375. The van der Waals surface area contributed by atoms with E-state index in [-0.39, 0.29) is 22.5 Å². The molecule has 4 rings (SSSR count). The van der Waals surface area contributed by atoms with Crippen LogP contribution < -0.4 is 5.43 Å². The quantitative estimate of drug-likeness (QED) is 0.342. The van der Waals surface area contributed by atoms with Crippen molar-refractivity contribution in [2.75, 3.05) is 0 Å². The number of aromatic nitrogens is 3. The molecule has 144 valence electrons. The molecule has 3 aromatic heterocycles. The number of hydrogen-bond donors (Lipinski definition) is 0. The highest BCUT2D eigenvalue weighted by molar-refractivity contribution is 9.10. The van der Waals surface area contributed by atoms with E-state index in [4.69, 9.17) is 0 Å². The zero-order valence-corrected chi connectivity index (χ0v) is 17.6. The number of para-hydroxylation sites is 1. The molecule has 0 saturated heterocycles. The number of hydrogen-bond acceptors (Lipinski definition) is 4. The normalized spacial score (nSPS) is 11.0. The van der Waals surface area contributed by atoms with Gasteiger partial charge in [-0.2, -0.15) is 0 Å². The Balaban J connectivity index is 1.88. The Morgan fingerprint density at radius 2 is 1.86 bits per heavy atom. The van der Waals surface area contributed by atoms with Gasteiger partial charge < -0.3 is 4.57 Å². The van der Waals surface area contributed by atoms with Crippen molar-refractivity contribution in [3.8, 4) is 0 Å². The molecule has 0 bridgehead atoms. The van der Waals surface area contributed by atoms with Crippen LogP contribution in [0.25, 0.3) is 10.9 Å². The SMILES string of the molecule is Cc1cnc(C(=O)c2cn(Cc3cccc(Br)n3)c3ccccc3c2=O)cc1C. The Labute approximate surface area is 176 Å². The Morgan fingerprint density at radius 3 is 2.62 bits per heavy atom. The molecule has 0 aliphatic heterocycles. The van der Waals surface area contributed by atoms with E-state index in [1.807, 2.05) is 48.7 Å². The van der Waals surface area contributed by atoms with Crippen molar-refractivity contribution in [1.29, 1.82) is 0 Å². The summed E-state index contributed by atoms with van der Waals surface area (Å²) in [4.78, 5) is 34.9. The van der Waals surface area contributed by atoms with Gasteiger partial charge in [0.05, 0.1) is 23.3 Å². The predicted octanol–water partition coefficient (Wildman–Crippen LogP) is 4.45. The minimum Gasteiger partial charge on any atom is -0.340 e. The van der Waals surface area contributed by atoms with Crippen LogP contribution in [0, 0.1) is 13.8 Å². The molecule has 0 spiro atoms. The lowest BCUT2D eigenvalue weighted by molar-refractivity contribution is 0.103. The van der Waals surface area contributed by atoms with Crippen LogP contribution in [-0.2, 0) is 6.54 Å². The van der Waals surface area contributed by atoms with Gasteiger partial charge in [0.25, 0.3) is 0 Å². The van der Waals surface area contributed by atoms with Crippen LogP contribution in [0.3, 0.4) is 0 Å². The molecule has 3 heterocycles. The van der Waals surface area contributed by atoms with Crippen LogP contribution in [0.5, 0.6) is 0 Å². The molecule has 0 aliphatic rings. The minimum absolute atomic E-state index is 0.106. The molecular weight excluding hydrogens is 430 g/mol. The van der Waals surface area contributed by atoms with E-state index >= 15 is 0 Å². The van der Waals surface area contributed by atoms with Gasteiger partial charge in [-0.15, -0.1) is 0 Å². The average Bonchev–Trinajstić information content (AvgIpc) is 2.72. The number of fused-ring (bicyclic) bond motifs is 1. The van der Waals surface area contributed by atoms with Gasteiger partial charge in [-0.1, -0.05) is 18.2 Å². The lowest BCUT2D eigenvalue weighted by Gasteiger charge is -2.13. The molecule has 0 N–H and O–H groups in total. The van der Waals surface area contributed by atoms with E-state index in [1.165, 1.54) is 0 Å². The first-order chi connectivity index (χ1) is 13.9. The van der Waals surface area contributed by atoms with E-state index in [9.17, 15) is 9.59 Å². The summed E-state index contributed by atoms with van der Waals surface area (Å²) < 4.78 is 2.62. The maximum absolute atomic E-state index is 13.1. The molecule has 4 aromatic rings. The molecular formula is C23H18BrN3O2. The summed E-state index contributed by atoms with van der Waals surface area (Å²) in [7, 11) is 0. The maximum Gasteiger partial charge on any atom is 0.216 e. The summed E-state index contributed by atoms with van der Waals surface area (Å²) in [6.07, 6.45) is 3.28. The van der Waals surface area contributed by atoms with Gasteiger partial charge in [-0.25, -0.2) is 4.98 Å². The van der Waals surface area contributed by atoms with Crippen LogP contribution >= 0.6 is 15.9 Å². The van der Waals surface area contributed by atoms with Gasteiger partial charge in [-0.3, -0.25) is 14.6 Å². The highest BCUT2D eigenvalue weighted by Crippen LogP contribution is 2.17. The van der Waals surface area contributed by atoms with Crippen molar-refractivity contribution in [1.82, 2.24) is 14.5 Å². The second-order valence-electron chi connectivity index (χ2n) is 6.95. The van der Waals surface area contributed by atoms with Gasteiger partial charge >= 0.3 is 0 Å². The number of halogens is 1. The molecule has 0 fully saturated rings. The predicted molar refractivity (Wildman–Crippen MR) is 116 cm³/mol. The van der Waals surface area contributed by atoms with Gasteiger partial charge in [0.1, 0.15) is 10.3 Å². The average molecular weight is 448 g/mol. The van der Waals surface area contributed by atoms with Crippen LogP contribution in [0.2, 0.25) is 0 Å². The zero-order valence-electron chi connectivity index (χ0n) is 16.0. The number of pyridine rings is 3. The van der Waals surface area contributed by atoms with E-state index in [1.54, 1.807) is 30.6 Å². The van der Waals surface area contributed by atoms with Crippen LogP contribution in [-0.4, -0.2) is 20.3 Å². The van der Waals surface area contributed by atoms with Crippen molar-refractivity contribution in [2.45, 2.75) is 20.4 Å². The first-order valence-corrected chi connectivity index (χ1v) is 9.95. The summed E-state index contributed by atoms with van der Waals surface area (Å²) >= 11 is 3.38. The molecule has 1 aromatic carbocycles. The number of carbonyl (C=O) groups is 1. The maximum atomic E-state index is 13.1. The molecule has 5 nitrogen and oxygen atoms in total. The smallest absolute Gasteiger partial charge is 0.216 e. The molecule has 0 aliphatic carbocycles. The summed E-state index contributed by atoms with van der Waals surface area (Å²) in [6, 6.07) is 14.7. The second kappa shape index (κ2) is 7.72. The standard InChI is InChI=1S/C23H18BrN3O2/c1-14-10-19(25-11-15(14)2)23(29)18-13-27(12-16-6-5-9-21(24)26-16)20-8-4-3-7-17(20)22(18)28/h3-11,13H,12H2,1-2H3. The fraction of sp³-hybridized carbons (Fsp3) is 0.130. The van der Waals surface area contributed by atoms with E-state index < -0.39 is 0 Å². The van der Waals surface area contributed by atoms with Gasteiger partial charge in [0.2, 0.25) is 11.2 Å².